The molecule has 0 atom stereocenters. The molecule has 1 aromatic carbocycles. The van der Waals surface area contributed by atoms with Crippen LogP contribution in [0.3, 0.4) is 0 Å². The fraction of sp³-hybridized carbons (Fsp3) is 0.400. The number of amides is 1. The quantitative estimate of drug-likeness (QED) is 0.455. The number of ketones is 1. The summed E-state index contributed by atoms with van der Waals surface area (Å²) in [6.45, 7) is 4.76. The van der Waals surface area contributed by atoms with Gasteiger partial charge < -0.3 is 14.8 Å². The fourth-order valence-electron chi connectivity index (χ4n) is 2.36. The zero-order valence-corrected chi connectivity index (χ0v) is 15.8. The van der Waals surface area contributed by atoms with Gasteiger partial charge in [0, 0.05) is 26.0 Å². The second-order valence-electron chi connectivity index (χ2n) is 5.75. The number of ether oxygens (including phenoxy) is 2. The van der Waals surface area contributed by atoms with Crippen molar-refractivity contribution >= 4 is 23.0 Å². The molecule has 0 aliphatic rings. The molecule has 1 N–H and O–H groups in total. The fourth-order valence-corrected chi connectivity index (χ4v) is 3.05. The molecule has 5 nitrogen and oxygen atoms in total. The molecule has 0 spiro atoms. The number of hydrogen-bond acceptors (Lipinski definition) is 5. The number of thiophene rings is 1. The number of hydrogen-bond donors (Lipinski definition) is 1. The van der Waals surface area contributed by atoms with Crippen LogP contribution in [0.15, 0.2) is 41.8 Å². The topological polar surface area (TPSA) is 64.6 Å². The molecule has 2 rings (SSSR count). The number of carbonyl (C=O) groups excluding carboxylic acids is 2. The van der Waals surface area contributed by atoms with E-state index in [0.29, 0.717) is 37.8 Å². The zero-order chi connectivity index (χ0) is 18.6. The predicted molar refractivity (Wildman–Crippen MR) is 102 cm³/mol. The van der Waals surface area contributed by atoms with Gasteiger partial charge in [-0.05, 0) is 29.5 Å². The summed E-state index contributed by atoms with van der Waals surface area (Å²) in [6, 6.07) is 11.5. The maximum atomic E-state index is 11.9. The highest BCUT2D eigenvalue weighted by atomic mass is 32.1. The third-order valence-corrected chi connectivity index (χ3v) is 4.61. The Balaban J connectivity index is 1.68. The predicted octanol–water partition coefficient (Wildman–Crippen LogP) is 3.58. The van der Waals surface area contributed by atoms with Crippen molar-refractivity contribution in [1.82, 2.24) is 5.32 Å². The molecule has 1 amide bonds. The van der Waals surface area contributed by atoms with E-state index in [2.05, 4.69) is 5.32 Å². The van der Waals surface area contributed by atoms with Gasteiger partial charge in [-0.1, -0.05) is 30.3 Å². The van der Waals surface area contributed by atoms with E-state index >= 15 is 0 Å². The van der Waals surface area contributed by atoms with Gasteiger partial charge in [0.1, 0.15) is 0 Å². The number of rotatable bonds is 12. The Morgan fingerprint density at radius 2 is 1.85 bits per heavy atom. The minimum absolute atomic E-state index is 0.0151. The van der Waals surface area contributed by atoms with Crippen LogP contribution in [-0.2, 0) is 27.4 Å². The average molecular weight is 375 g/mol. The first-order chi connectivity index (χ1) is 12.7. The van der Waals surface area contributed by atoms with E-state index in [1.807, 2.05) is 42.6 Å². The Morgan fingerprint density at radius 1 is 1.04 bits per heavy atom. The highest BCUT2D eigenvalue weighted by Gasteiger charge is 2.10. The lowest BCUT2D eigenvalue weighted by Gasteiger charge is -2.08. The summed E-state index contributed by atoms with van der Waals surface area (Å²) in [5.41, 5.74) is 2.06. The van der Waals surface area contributed by atoms with Gasteiger partial charge >= 0.3 is 0 Å². The summed E-state index contributed by atoms with van der Waals surface area (Å²) in [7, 11) is 0. The van der Waals surface area contributed by atoms with Gasteiger partial charge in [0.05, 0.1) is 24.7 Å². The van der Waals surface area contributed by atoms with Crippen LogP contribution in [-0.4, -0.2) is 31.5 Å². The summed E-state index contributed by atoms with van der Waals surface area (Å²) < 4.78 is 10.8. The van der Waals surface area contributed by atoms with Crippen molar-refractivity contribution in [2.75, 3.05) is 19.8 Å². The molecule has 0 fully saturated rings. The largest absolute Gasteiger partial charge is 0.379 e. The van der Waals surface area contributed by atoms with Crippen LogP contribution in [0.1, 0.15) is 40.6 Å². The van der Waals surface area contributed by atoms with Crippen LogP contribution in [0.5, 0.6) is 0 Å². The number of Topliss-reactive ketones (excluding diaryl/α,β-unsaturated/α-hetero) is 1. The molecule has 26 heavy (non-hydrogen) atoms. The lowest BCUT2D eigenvalue weighted by atomic mass is 10.1. The standard InChI is InChI=1S/C20H25NO4S/c1-2-24-10-11-25-15-17-6-3-5-16(13-17)14-21-20(23)9-8-18(22)19-7-4-12-26-19/h3-7,12-13H,2,8-11,14-15H2,1H3,(H,21,23). The summed E-state index contributed by atoms with van der Waals surface area (Å²) >= 11 is 1.40. The number of carbonyl (C=O) groups is 2. The third kappa shape index (κ3) is 7.47. The normalized spacial score (nSPS) is 10.7. The second kappa shape index (κ2) is 11.6. The summed E-state index contributed by atoms with van der Waals surface area (Å²) in [6.07, 6.45) is 0.441. The minimum Gasteiger partial charge on any atom is -0.379 e. The van der Waals surface area contributed by atoms with Gasteiger partial charge in [-0.3, -0.25) is 9.59 Å². The van der Waals surface area contributed by atoms with E-state index in [1.54, 1.807) is 6.07 Å². The molecule has 0 aliphatic heterocycles. The van der Waals surface area contributed by atoms with E-state index < -0.39 is 0 Å². The van der Waals surface area contributed by atoms with E-state index in [4.69, 9.17) is 9.47 Å². The van der Waals surface area contributed by atoms with Crippen LogP contribution < -0.4 is 5.32 Å². The maximum absolute atomic E-state index is 11.9. The summed E-state index contributed by atoms with van der Waals surface area (Å²) in [4.78, 5) is 24.6. The molecule has 1 aromatic heterocycles. The molecular weight excluding hydrogens is 350 g/mol. The van der Waals surface area contributed by atoms with Crippen LogP contribution in [0, 0.1) is 0 Å². The van der Waals surface area contributed by atoms with Crippen molar-refractivity contribution in [3.05, 3.63) is 57.8 Å². The van der Waals surface area contributed by atoms with E-state index in [9.17, 15) is 9.59 Å². The van der Waals surface area contributed by atoms with E-state index in [-0.39, 0.29) is 24.5 Å². The van der Waals surface area contributed by atoms with Crippen LogP contribution in [0.4, 0.5) is 0 Å². The van der Waals surface area contributed by atoms with Crippen LogP contribution in [0.25, 0.3) is 0 Å². The van der Waals surface area contributed by atoms with E-state index in [1.165, 1.54) is 11.3 Å². The number of benzene rings is 1. The molecular formula is C20H25NO4S. The van der Waals surface area contributed by atoms with Gasteiger partial charge in [0.25, 0.3) is 0 Å². The second-order valence-corrected chi connectivity index (χ2v) is 6.69. The molecule has 2 aromatic rings. The lowest BCUT2D eigenvalue weighted by molar-refractivity contribution is -0.121. The monoisotopic (exact) mass is 375 g/mol. The smallest absolute Gasteiger partial charge is 0.220 e. The zero-order valence-electron chi connectivity index (χ0n) is 15.0. The highest BCUT2D eigenvalue weighted by molar-refractivity contribution is 7.12. The van der Waals surface area contributed by atoms with Crippen molar-refractivity contribution < 1.29 is 19.1 Å². The van der Waals surface area contributed by atoms with Crippen LogP contribution in [0.2, 0.25) is 0 Å². The number of nitrogens with one attached hydrogen (secondary N) is 1. The highest BCUT2D eigenvalue weighted by Crippen LogP contribution is 2.12. The molecule has 0 radical (unpaired) electrons. The SMILES string of the molecule is CCOCCOCc1cccc(CNC(=O)CCC(=O)c2cccs2)c1. The van der Waals surface area contributed by atoms with Crippen molar-refractivity contribution in [3.63, 3.8) is 0 Å². The maximum Gasteiger partial charge on any atom is 0.220 e. The first-order valence-corrected chi connectivity index (χ1v) is 9.63. The van der Waals surface area contributed by atoms with Gasteiger partial charge in [-0.25, -0.2) is 0 Å². The lowest BCUT2D eigenvalue weighted by Crippen LogP contribution is -2.23. The Labute approximate surface area is 158 Å². The Kier molecular flexibility index (Phi) is 9.03. The van der Waals surface area contributed by atoms with Crippen molar-refractivity contribution in [2.45, 2.75) is 32.9 Å². The third-order valence-electron chi connectivity index (χ3n) is 3.70. The molecule has 0 aliphatic carbocycles. The molecule has 0 bridgehead atoms. The van der Waals surface area contributed by atoms with Gasteiger partial charge in [-0.15, -0.1) is 11.3 Å². The summed E-state index contributed by atoms with van der Waals surface area (Å²) in [5, 5.41) is 4.72. The van der Waals surface area contributed by atoms with Gasteiger partial charge in [-0.2, -0.15) is 0 Å². The molecule has 140 valence electrons. The summed E-state index contributed by atoms with van der Waals surface area (Å²) in [5.74, 6) is -0.102. The molecule has 0 saturated carbocycles. The Morgan fingerprint density at radius 3 is 2.62 bits per heavy atom. The average Bonchev–Trinajstić information content (AvgIpc) is 3.19. The Hall–Kier alpha value is -2.02. The van der Waals surface area contributed by atoms with Gasteiger partial charge in [0.15, 0.2) is 5.78 Å². The first kappa shape index (κ1) is 20.3. The van der Waals surface area contributed by atoms with Crippen LogP contribution >= 0.6 is 11.3 Å². The van der Waals surface area contributed by atoms with Gasteiger partial charge in [0.2, 0.25) is 5.91 Å². The first-order valence-electron chi connectivity index (χ1n) is 8.75. The van der Waals surface area contributed by atoms with Crippen molar-refractivity contribution in [3.8, 4) is 0 Å². The molecule has 1 heterocycles. The molecule has 6 heteroatoms. The van der Waals surface area contributed by atoms with Crippen molar-refractivity contribution in [1.29, 1.82) is 0 Å². The minimum atomic E-state index is -0.117. The van der Waals surface area contributed by atoms with Crippen molar-refractivity contribution in [2.24, 2.45) is 0 Å². The molecule has 0 unspecified atom stereocenters. The van der Waals surface area contributed by atoms with E-state index in [0.717, 1.165) is 11.1 Å². The molecule has 0 saturated heterocycles. The Bertz CT molecular complexity index is 685.